The zero-order valence-electron chi connectivity index (χ0n) is 29.3. The molecule has 49 heavy (non-hydrogen) atoms. The molecule has 3 N–H and O–H groups in total. The molecular weight excluding hydrogens is 679 g/mol. The molecule has 2 aromatic carbocycles. The van der Waals surface area contributed by atoms with Crippen molar-refractivity contribution in [1.82, 2.24) is 10.3 Å². The fourth-order valence-corrected chi connectivity index (χ4v) is 8.96. The molecular formula is C36H49N5O5S3. The Hall–Kier alpha value is -2.84. The number of amides is 2. The van der Waals surface area contributed by atoms with Gasteiger partial charge in [0.25, 0.3) is 5.91 Å². The third-order valence-corrected chi connectivity index (χ3v) is 12.4. The molecule has 0 aromatic heterocycles. The Labute approximate surface area is 302 Å². The van der Waals surface area contributed by atoms with E-state index in [-0.39, 0.29) is 23.0 Å². The van der Waals surface area contributed by atoms with Crippen molar-refractivity contribution in [3.63, 3.8) is 0 Å². The first-order valence-electron chi connectivity index (χ1n) is 16.7. The molecule has 1 fully saturated rings. The second kappa shape index (κ2) is 17.4. The molecule has 0 spiro atoms. The van der Waals surface area contributed by atoms with Gasteiger partial charge in [0.1, 0.15) is 6.10 Å². The molecule has 1 aliphatic carbocycles. The number of carbonyl (C=O) groups excluding carboxylic acids is 4. The standard InChI is InChI=1S/C36H49N5O5S3/c1-24(42)41(36(38-5,21-22-47-6)34(45)46-26-17-11-8-12-18-26)40-29-20-14-13-19-27(29)30(25-15-9-7-10-16-25)39-31(33(40)44)32(43)28(37)23-48-49-35(2,3)4/h7,9-10,13-16,19-20,26,28,31,38H,8,11-12,17-18,21-23,37H2,1-6H3/t28?,31?,36-/m0/s1. The van der Waals surface area contributed by atoms with Crippen molar-refractivity contribution in [1.29, 1.82) is 0 Å². The SMILES string of the molecule is CN[C@](CCSC)(C(=O)OC1CCCCC1)N(C(C)=O)N1C(=O)C(C(=O)C(N)CSSC(C)(C)C)N=C(c2ccccc2)c2ccccc21. The Morgan fingerprint density at radius 1 is 1.06 bits per heavy atom. The van der Waals surface area contributed by atoms with Crippen LogP contribution < -0.4 is 16.1 Å². The van der Waals surface area contributed by atoms with Crippen LogP contribution in [0.1, 0.15) is 77.3 Å². The lowest BCUT2D eigenvalue weighted by Gasteiger charge is -2.47. The van der Waals surface area contributed by atoms with Crippen LogP contribution in [0.15, 0.2) is 59.6 Å². The monoisotopic (exact) mass is 727 g/mol. The van der Waals surface area contributed by atoms with Gasteiger partial charge in [-0.2, -0.15) is 11.8 Å². The van der Waals surface area contributed by atoms with Gasteiger partial charge in [-0.25, -0.2) is 14.8 Å². The maximum Gasteiger partial charge on any atom is 0.349 e. The second-order valence-electron chi connectivity index (χ2n) is 13.3. The number of aliphatic imine (C=N–C) groups is 1. The summed E-state index contributed by atoms with van der Waals surface area (Å²) in [6.07, 6.45) is 6.16. The fourth-order valence-electron chi connectivity index (χ4n) is 6.02. The van der Waals surface area contributed by atoms with E-state index in [1.807, 2.05) is 42.7 Å². The number of carbonyl (C=O) groups is 4. The summed E-state index contributed by atoms with van der Waals surface area (Å²) in [5.74, 6) is -1.88. The number of benzene rings is 2. The smallest absolute Gasteiger partial charge is 0.349 e. The van der Waals surface area contributed by atoms with Gasteiger partial charge in [-0.15, -0.1) is 0 Å². The van der Waals surface area contributed by atoms with Gasteiger partial charge in [0.15, 0.2) is 11.8 Å². The average molecular weight is 728 g/mol. The molecule has 0 bridgehead atoms. The summed E-state index contributed by atoms with van der Waals surface area (Å²) >= 11 is 1.50. The molecule has 1 aliphatic heterocycles. The lowest BCUT2D eigenvalue weighted by Crippen LogP contribution is -2.72. The van der Waals surface area contributed by atoms with Crippen LogP contribution in [0.25, 0.3) is 0 Å². The van der Waals surface area contributed by atoms with E-state index in [0.717, 1.165) is 37.1 Å². The maximum absolute atomic E-state index is 15.0. The minimum atomic E-state index is -1.78. The van der Waals surface area contributed by atoms with E-state index in [4.69, 9.17) is 15.5 Å². The lowest BCUT2D eigenvalue weighted by atomic mass is 9.97. The van der Waals surface area contributed by atoms with Crippen LogP contribution in [0, 0.1) is 0 Å². The minimum absolute atomic E-state index is 0.0653. The first-order chi connectivity index (χ1) is 23.3. The fraction of sp³-hybridized carbons (Fsp3) is 0.528. The minimum Gasteiger partial charge on any atom is -0.460 e. The van der Waals surface area contributed by atoms with E-state index >= 15 is 4.79 Å². The number of hydrogen-bond acceptors (Lipinski definition) is 11. The summed E-state index contributed by atoms with van der Waals surface area (Å²) in [5.41, 5.74) is 6.63. The van der Waals surface area contributed by atoms with E-state index < -0.39 is 41.3 Å². The van der Waals surface area contributed by atoms with E-state index in [1.165, 1.54) is 34.5 Å². The van der Waals surface area contributed by atoms with Crippen LogP contribution in [0.2, 0.25) is 0 Å². The number of fused-ring (bicyclic) bond motifs is 1. The number of Topliss-reactive ketones (excluding diaryl/α,β-unsaturated/α-hetero) is 1. The van der Waals surface area contributed by atoms with Crippen molar-refractivity contribution in [3.05, 3.63) is 65.7 Å². The summed E-state index contributed by atoms with van der Waals surface area (Å²) in [6, 6.07) is 13.7. The molecule has 3 atom stereocenters. The number of ether oxygens (including phenoxy) is 1. The third-order valence-electron chi connectivity index (χ3n) is 8.43. The molecule has 4 rings (SSSR count). The molecule has 2 aromatic rings. The van der Waals surface area contributed by atoms with Gasteiger partial charge in [-0.1, -0.05) is 97.3 Å². The first kappa shape index (κ1) is 39.0. The zero-order chi connectivity index (χ0) is 35.8. The van der Waals surface area contributed by atoms with Crippen molar-refractivity contribution in [2.45, 2.75) is 94.8 Å². The number of nitrogens with two attached hydrogens (primary N) is 1. The van der Waals surface area contributed by atoms with Crippen molar-refractivity contribution in [2.24, 2.45) is 10.7 Å². The highest BCUT2D eigenvalue weighted by atomic mass is 33.1. The summed E-state index contributed by atoms with van der Waals surface area (Å²) in [4.78, 5) is 62.5. The molecule has 266 valence electrons. The molecule has 10 nitrogen and oxygen atoms in total. The largest absolute Gasteiger partial charge is 0.460 e. The Kier molecular flexibility index (Phi) is 13.8. The van der Waals surface area contributed by atoms with Gasteiger partial charge < -0.3 is 10.5 Å². The van der Waals surface area contributed by atoms with E-state index in [1.54, 1.807) is 36.0 Å². The second-order valence-corrected chi connectivity index (χ2v) is 17.4. The number of anilines is 1. The Morgan fingerprint density at radius 2 is 1.71 bits per heavy atom. The normalized spacial score (nSPS) is 18.8. The number of thioether (sulfide) groups is 1. The molecule has 1 saturated carbocycles. The number of ketones is 1. The van der Waals surface area contributed by atoms with Gasteiger partial charge >= 0.3 is 5.97 Å². The van der Waals surface area contributed by atoms with Crippen LogP contribution in [0.5, 0.6) is 0 Å². The lowest BCUT2D eigenvalue weighted by molar-refractivity contribution is -0.174. The van der Waals surface area contributed by atoms with Crippen LogP contribution in [-0.4, -0.2) is 87.7 Å². The molecule has 2 unspecified atom stereocenters. The number of likely N-dealkylation sites (N-methyl/N-ethyl adjacent to an activating group) is 1. The van der Waals surface area contributed by atoms with Crippen LogP contribution >= 0.6 is 33.3 Å². The van der Waals surface area contributed by atoms with E-state index in [0.29, 0.717) is 28.3 Å². The number of hydrogen-bond donors (Lipinski definition) is 2. The molecule has 1 heterocycles. The van der Waals surface area contributed by atoms with Crippen LogP contribution in [0.4, 0.5) is 5.69 Å². The van der Waals surface area contributed by atoms with Crippen molar-refractivity contribution in [3.8, 4) is 0 Å². The number of para-hydroxylation sites is 1. The topological polar surface area (TPSA) is 134 Å². The highest BCUT2D eigenvalue weighted by Gasteiger charge is 2.53. The number of nitrogens with zero attached hydrogens (tertiary/aromatic N) is 3. The zero-order valence-corrected chi connectivity index (χ0v) is 31.7. The van der Waals surface area contributed by atoms with Crippen molar-refractivity contribution in [2.75, 3.05) is 29.8 Å². The molecule has 13 heteroatoms. The van der Waals surface area contributed by atoms with Gasteiger partial charge in [-0.3, -0.25) is 24.7 Å². The predicted molar refractivity (Wildman–Crippen MR) is 203 cm³/mol. The Balaban J connectivity index is 1.90. The highest BCUT2D eigenvalue weighted by Crippen LogP contribution is 2.37. The van der Waals surface area contributed by atoms with Gasteiger partial charge in [0.05, 0.1) is 17.4 Å². The Bertz CT molecular complexity index is 1510. The van der Waals surface area contributed by atoms with Gasteiger partial charge in [-0.05, 0) is 50.8 Å². The molecule has 0 radical (unpaired) electrons. The van der Waals surface area contributed by atoms with Crippen LogP contribution in [-0.2, 0) is 23.9 Å². The maximum atomic E-state index is 15.0. The molecule has 2 aliphatic rings. The number of hydrazine groups is 1. The average Bonchev–Trinajstić information content (AvgIpc) is 3.20. The molecule has 2 amide bonds. The Morgan fingerprint density at radius 3 is 2.33 bits per heavy atom. The number of esters is 1. The number of rotatable bonds is 14. The van der Waals surface area contributed by atoms with Crippen molar-refractivity contribution < 1.29 is 23.9 Å². The first-order valence-corrected chi connectivity index (χ1v) is 20.4. The quantitative estimate of drug-likeness (QED) is 0.109. The summed E-state index contributed by atoms with van der Waals surface area (Å²) < 4.78 is 6.07. The summed E-state index contributed by atoms with van der Waals surface area (Å²) in [7, 11) is 4.64. The van der Waals surface area contributed by atoms with Gasteiger partial charge in [0, 0.05) is 35.0 Å². The van der Waals surface area contributed by atoms with Gasteiger partial charge in [0.2, 0.25) is 11.6 Å². The molecule has 0 saturated heterocycles. The number of nitrogens with one attached hydrogen (secondary N) is 1. The summed E-state index contributed by atoms with van der Waals surface area (Å²) in [5, 5.41) is 5.43. The highest BCUT2D eigenvalue weighted by molar-refractivity contribution is 8.77. The van der Waals surface area contributed by atoms with Crippen molar-refractivity contribution >= 4 is 68.3 Å². The number of benzodiazepines with no additional fused rings is 1. The third kappa shape index (κ3) is 9.29. The predicted octanol–water partition coefficient (Wildman–Crippen LogP) is 5.62. The van der Waals surface area contributed by atoms with Crippen LogP contribution in [0.3, 0.4) is 0 Å². The van der Waals surface area contributed by atoms with E-state index in [2.05, 4.69) is 26.1 Å². The summed E-state index contributed by atoms with van der Waals surface area (Å²) in [6.45, 7) is 7.51. The van der Waals surface area contributed by atoms with E-state index in [9.17, 15) is 14.4 Å².